The van der Waals surface area contributed by atoms with Gasteiger partial charge in [0.1, 0.15) is 24.3 Å². The predicted octanol–water partition coefficient (Wildman–Crippen LogP) is 5.53. The van der Waals surface area contributed by atoms with Gasteiger partial charge in [0, 0.05) is 20.0 Å². The summed E-state index contributed by atoms with van der Waals surface area (Å²) < 4.78 is 16.1. The van der Waals surface area contributed by atoms with Gasteiger partial charge in [-0.1, -0.05) is 69.0 Å². The third kappa shape index (κ3) is 7.78. The van der Waals surface area contributed by atoms with Crippen LogP contribution in [0.2, 0.25) is 0 Å². The largest absolute Gasteiger partial charge is 0.460 e. The van der Waals surface area contributed by atoms with Crippen molar-refractivity contribution in [2.24, 2.45) is 5.92 Å². The first-order valence-electron chi connectivity index (χ1n) is 14.1. The van der Waals surface area contributed by atoms with Gasteiger partial charge in [0.05, 0.1) is 12.7 Å². The smallest absolute Gasteiger partial charge is 0.410 e. The maximum Gasteiger partial charge on any atom is 0.410 e. The summed E-state index contributed by atoms with van der Waals surface area (Å²) in [7, 11) is 2.91. The molecule has 226 valence electrons. The van der Waals surface area contributed by atoms with Gasteiger partial charge in [0.2, 0.25) is 5.91 Å². The van der Waals surface area contributed by atoms with Crippen molar-refractivity contribution < 1.29 is 33.4 Å². The summed E-state index contributed by atoms with van der Waals surface area (Å²) in [5.74, 6) is -2.14. The number of carbonyl (C=O) groups is 4. The highest BCUT2D eigenvalue weighted by molar-refractivity contribution is 5.91. The molecule has 2 atom stereocenters. The molecule has 0 radical (unpaired) electrons. The van der Waals surface area contributed by atoms with Gasteiger partial charge >= 0.3 is 18.0 Å². The van der Waals surface area contributed by atoms with Crippen LogP contribution in [-0.4, -0.2) is 72.1 Å². The van der Waals surface area contributed by atoms with Crippen LogP contribution in [0.25, 0.3) is 11.1 Å². The molecule has 3 rings (SSSR count). The quantitative estimate of drug-likeness (QED) is 0.196. The number of fused-ring (bicyclic) bond motifs is 3. The Kier molecular flexibility index (Phi) is 10.5. The van der Waals surface area contributed by atoms with E-state index in [0.29, 0.717) is 6.42 Å². The summed E-state index contributed by atoms with van der Waals surface area (Å²) in [5, 5.41) is 0. The lowest BCUT2D eigenvalue weighted by atomic mass is 9.98. The number of esters is 2. The van der Waals surface area contributed by atoms with Crippen LogP contribution in [0.3, 0.4) is 0 Å². The first-order valence-corrected chi connectivity index (χ1v) is 14.1. The zero-order valence-electron chi connectivity index (χ0n) is 25.6. The molecule has 9 heteroatoms. The minimum absolute atomic E-state index is 0.0284. The second-order valence-electron chi connectivity index (χ2n) is 11.9. The number of nitrogens with zero attached hydrogens (tertiary/aromatic N) is 2. The molecule has 0 fully saturated rings. The molecule has 9 nitrogen and oxygen atoms in total. The van der Waals surface area contributed by atoms with Crippen molar-refractivity contribution >= 4 is 23.9 Å². The highest BCUT2D eigenvalue weighted by Gasteiger charge is 2.38. The van der Waals surface area contributed by atoms with Gasteiger partial charge in [-0.15, -0.1) is 0 Å². The Morgan fingerprint density at radius 2 is 1.45 bits per heavy atom. The predicted molar refractivity (Wildman–Crippen MR) is 159 cm³/mol. The van der Waals surface area contributed by atoms with Gasteiger partial charge in [-0.2, -0.15) is 0 Å². The lowest BCUT2D eigenvalue weighted by Gasteiger charge is -2.34. The summed E-state index contributed by atoms with van der Waals surface area (Å²) in [5.41, 5.74) is 3.60. The third-order valence-electron chi connectivity index (χ3n) is 7.14. The summed E-state index contributed by atoms with van der Waals surface area (Å²) in [6.07, 6.45) is 0.160. The van der Waals surface area contributed by atoms with Crippen molar-refractivity contribution in [3.63, 3.8) is 0 Å². The van der Waals surface area contributed by atoms with E-state index in [2.05, 4.69) is 18.7 Å². The molecule has 0 aromatic heterocycles. The summed E-state index contributed by atoms with van der Waals surface area (Å²) in [6.45, 7) is 12.5. The van der Waals surface area contributed by atoms with E-state index in [9.17, 15) is 19.2 Å². The monoisotopic (exact) mass is 578 g/mol. The number of rotatable bonds is 11. The van der Waals surface area contributed by atoms with Crippen LogP contribution < -0.4 is 0 Å². The molecule has 0 saturated carbocycles. The second-order valence-corrected chi connectivity index (χ2v) is 11.9. The van der Waals surface area contributed by atoms with E-state index >= 15 is 0 Å². The van der Waals surface area contributed by atoms with Gasteiger partial charge in [-0.3, -0.25) is 14.5 Å². The van der Waals surface area contributed by atoms with E-state index in [1.165, 1.54) is 19.0 Å². The van der Waals surface area contributed by atoms with E-state index in [1.807, 2.05) is 50.2 Å². The minimum Gasteiger partial charge on any atom is -0.460 e. The van der Waals surface area contributed by atoms with Crippen molar-refractivity contribution in [2.75, 3.05) is 20.7 Å². The third-order valence-corrected chi connectivity index (χ3v) is 7.14. The van der Waals surface area contributed by atoms with E-state index < -0.39 is 48.0 Å². The van der Waals surface area contributed by atoms with E-state index in [-0.39, 0.29) is 18.4 Å². The first kappa shape index (κ1) is 32.4. The van der Waals surface area contributed by atoms with Crippen LogP contribution >= 0.6 is 0 Å². The van der Waals surface area contributed by atoms with E-state index in [0.717, 1.165) is 33.4 Å². The Hall–Kier alpha value is -4.14. The molecule has 0 saturated heterocycles. The molecule has 0 unspecified atom stereocenters. The van der Waals surface area contributed by atoms with E-state index in [4.69, 9.17) is 14.2 Å². The number of benzene rings is 2. The lowest BCUT2D eigenvalue weighted by Crippen LogP contribution is -2.54. The molecule has 0 bridgehead atoms. The van der Waals surface area contributed by atoms with Crippen LogP contribution in [0, 0.1) is 5.92 Å². The maximum absolute atomic E-state index is 13.8. The normalized spacial score (nSPS) is 13.8. The lowest BCUT2D eigenvalue weighted by molar-refractivity contribution is -0.162. The standard InChI is InChI=1S/C33H42N2O7/c1-9-40-31(38)28(19-29(36)42-33(4,5)6)34(7)30(37)27(18-21(2)3)35(8)32(39)41-20-26-24-16-12-10-14-22(24)23-15-11-13-17-25(23)26/h9-17,21,26-28H,1,18-20H2,2-8H3/t27-,28-/m0/s1. The molecule has 42 heavy (non-hydrogen) atoms. The van der Waals surface area contributed by atoms with Crippen LogP contribution in [0.5, 0.6) is 0 Å². The molecule has 0 spiro atoms. The topological polar surface area (TPSA) is 102 Å². The van der Waals surface area contributed by atoms with Gasteiger partial charge in [0.25, 0.3) is 0 Å². The Morgan fingerprint density at radius 1 is 0.905 bits per heavy atom. The molecule has 0 aliphatic heterocycles. The van der Waals surface area contributed by atoms with Crippen LogP contribution in [0.15, 0.2) is 61.4 Å². The number of likely N-dealkylation sites (N-methyl/N-ethyl adjacent to an activating group) is 2. The number of carbonyl (C=O) groups excluding carboxylic acids is 4. The zero-order chi connectivity index (χ0) is 31.2. The Morgan fingerprint density at radius 3 is 1.95 bits per heavy atom. The van der Waals surface area contributed by atoms with Gasteiger partial charge in [-0.05, 0) is 55.4 Å². The number of ether oxygens (including phenoxy) is 3. The SMILES string of the molecule is C=COC(=O)[C@H](CC(=O)OC(C)(C)C)N(C)C(=O)[C@H](CC(C)C)N(C)C(=O)OCC1c2ccccc2-c2ccccc21. The number of hydrogen-bond donors (Lipinski definition) is 0. The van der Waals surface area contributed by atoms with Crippen molar-refractivity contribution in [1.29, 1.82) is 0 Å². The van der Waals surface area contributed by atoms with Crippen LogP contribution in [-0.2, 0) is 28.6 Å². The number of amides is 2. The highest BCUT2D eigenvalue weighted by Crippen LogP contribution is 2.44. The molecular formula is C33H42N2O7. The highest BCUT2D eigenvalue weighted by atomic mass is 16.6. The van der Waals surface area contributed by atoms with Gasteiger partial charge in [0.15, 0.2) is 0 Å². The molecule has 1 aliphatic carbocycles. The Labute approximate surface area is 248 Å². The minimum atomic E-state index is -1.28. The van der Waals surface area contributed by atoms with Crippen molar-refractivity contribution in [3.8, 4) is 11.1 Å². The Balaban J connectivity index is 1.79. The van der Waals surface area contributed by atoms with Crippen LogP contribution in [0.4, 0.5) is 4.79 Å². The van der Waals surface area contributed by atoms with Crippen molar-refractivity contribution in [2.45, 2.75) is 71.1 Å². The zero-order valence-corrected chi connectivity index (χ0v) is 25.6. The van der Waals surface area contributed by atoms with E-state index in [1.54, 1.807) is 20.8 Å². The summed E-state index contributed by atoms with van der Waals surface area (Å²) in [4.78, 5) is 55.0. The van der Waals surface area contributed by atoms with Gasteiger partial charge in [-0.25, -0.2) is 9.59 Å². The summed E-state index contributed by atoms with van der Waals surface area (Å²) >= 11 is 0. The van der Waals surface area contributed by atoms with Crippen molar-refractivity contribution in [3.05, 3.63) is 72.5 Å². The van der Waals surface area contributed by atoms with Crippen LogP contribution in [0.1, 0.15) is 64.5 Å². The average molecular weight is 579 g/mol. The van der Waals surface area contributed by atoms with Gasteiger partial charge < -0.3 is 19.1 Å². The second kappa shape index (κ2) is 13.7. The molecule has 0 heterocycles. The number of hydrogen-bond acceptors (Lipinski definition) is 7. The molecule has 2 amide bonds. The molecular weight excluding hydrogens is 536 g/mol. The summed E-state index contributed by atoms with van der Waals surface area (Å²) in [6, 6.07) is 13.8. The average Bonchev–Trinajstić information content (AvgIpc) is 3.24. The fourth-order valence-electron chi connectivity index (χ4n) is 5.16. The maximum atomic E-state index is 13.8. The first-order chi connectivity index (χ1) is 19.7. The Bertz CT molecular complexity index is 1270. The fourth-order valence-corrected chi connectivity index (χ4v) is 5.16. The fraction of sp³-hybridized carbons (Fsp3) is 0.455. The molecule has 2 aromatic rings. The molecule has 2 aromatic carbocycles. The molecule has 1 aliphatic rings. The van der Waals surface area contributed by atoms with Crippen molar-refractivity contribution in [1.82, 2.24) is 9.80 Å². The molecule has 0 N–H and O–H groups in total.